The van der Waals surface area contributed by atoms with Crippen molar-refractivity contribution in [3.8, 4) is 0 Å². The van der Waals surface area contributed by atoms with Gasteiger partial charge >= 0.3 is 0 Å². The predicted octanol–water partition coefficient (Wildman–Crippen LogP) is 1.81. The first kappa shape index (κ1) is 16.8. The van der Waals surface area contributed by atoms with Crippen LogP contribution in [0.5, 0.6) is 0 Å². The van der Waals surface area contributed by atoms with E-state index in [-0.39, 0.29) is 0 Å². The summed E-state index contributed by atoms with van der Waals surface area (Å²) in [5.74, 6) is 0. The Hall–Kier alpha value is -0.170. The molecule has 1 atom stereocenters. The van der Waals surface area contributed by atoms with E-state index in [1.165, 1.54) is 49.8 Å². The fourth-order valence-corrected chi connectivity index (χ4v) is 2.91. The van der Waals surface area contributed by atoms with Crippen LogP contribution < -0.4 is 0 Å². The van der Waals surface area contributed by atoms with Gasteiger partial charge in [0.25, 0.3) is 0 Å². The van der Waals surface area contributed by atoms with E-state index in [0.29, 0.717) is 0 Å². The molecule has 1 heterocycles. The lowest BCUT2D eigenvalue weighted by Gasteiger charge is -2.46. The summed E-state index contributed by atoms with van der Waals surface area (Å²) in [6.07, 6.45) is 5.77. The molecule has 0 aromatic rings. The Morgan fingerprint density at radius 2 is 1.71 bits per heavy atom. The zero-order valence-corrected chi connectivity index (χ0v) is 11.9. The second-order valence-electron chi connectivity index (χ2n) is 4.56. The van der Waals surface area contributed by atoms with E-state index in [1.54, 1.807) is 0 Å². The molecule has 1 aliphatic rings. The molecule has 1 rings (SSSR count). The van der Waals surface area contributed by atoms with Crippen molar-refractivity contribution in [2.45, 2.75) is 52.5 Å². The Morgan fingerprint density at radius 3 is 2.00 bits per heavy atom. The number of rotatable bonds is 3. The van der Waals surface area contributed by atoms with Crippen molar-refractivity contribution in [3.05, 3.63) is 0 Å². The lowest BCUT2D eigenvalue weighted by Crippen LogP contribution is -2.57. The van der Waals surface area contributed by atoms with E-state index in [1.807, 2.05) is 0 Å². The molecule has 1 fully saturated rings. The molecule has 0 amide bonds. The molecule has 0 aromatic carbocycles. The number of likely N-dealkylation sites (tertiary alicyclic amines) is 1. The number of nitrogens with zero attached hydrogens (tertiary/aromatic N) is 1. The van der Waals surface area contributed by atoms with Gasteiger partial charge in [-0.05, 0) is 39.5 Å². The Kier molecular flexibility index (Phi) is 7.23. The summed E-state index contributed by atoms with van der Waals surface area (Å²) >= 11 is 0. The van der Waals surface area contributed by atoms with Crippen LogP contribution in [0.4, 0.5) is 0 Å². The Balaban J connectivity index is 0.000000437. The Labute approximate surface area is 105 Å². The summed E-state index contributed by atoms with van der Waals surface area (Å²) in [6, 6.07) is 0.966. The first-order valence-electron chi connectivity index (χ1n) is 6.33. The van der Waals surface area contributed by atoms with Crippen LogP contribution in [-0.2, 0) is 10.4 Å². The summed E-state index contributed by atoms with van der Waals surface area (Å²) in [4.78, 5) is 0. The smallest absolute Gasteiger partial charge is 0.215 e. The average Bonchev–Trinajstić information content (AvgIpc) is 2.26. The zero-order valence-electron chi connectivity index (χ0n) is 11.1. The number of hydrogen-bond acceptors (Lipinski definition) is 3. The third kappa shape index (κ3) is 6.35. The maximum Gasteiger partial charge on any atom is 0.215 e. The fraction of sp³-hybridized carbons (Fsp3) is 1.00. The molecule has 0 saturated carbocycles. The summed E-state index contributed by atoms with van der Waals surface area (Å²) < 4.78 is 34.2. The minimum absolute atomic E-state index is 0.966. The molecule has 1 aliphatic heterocycles. The molecule has 5 nitrogen and oxygen atoms in total. The minimum Gasteiger partial charge on any atom is -0.726 e. The molecule has 104 valence electrons. The molecule has 6 heteroatoms. The van der Waals surface area contributed by atoms with Crippen LogP contribution in [0.15, 0.2) is 0 Å². The lowest BCUT2D eigenvalue weighted by atomic mass is 9.96. The molecule has 0 spiro atoms. The first-order valence-corrected chi connectivity index (χ1v) is 7.69. The Bertz CT molecular complexity index is 291. The Morgan fingerprint density at radius 1 is 1.24 bits per heavy atom. The van der Waals surface area contributed by atoms with Gasteiger partial charge in [0.1, 0.15) is 0 Å². The van der Waals surface area contributed by atoms with Gasteiger partial charge in [0.15, 0.2) is 0 Å². The maximum atomic E-state index is 8.63. The highest BCUT2D eigenvalue weighted by atomic mass is 32.3. The highest BCUT2D eigenvalue weighted by molar-refractivity contribution is 7.79. The van der Waals surface area contributed by atoms with E-state index in [4.69, 9.17) is 17.5 Å². The van der Waals surface area contributed by atoms with Gasteiger partial charge in [-0.2, -0.15) is 0 Å². The summed E-state index contributed by atoms with van der Waals surface area (Å²) in [5, 5.41) is 0. The first-order chi connectivity index (χ1) is 7.79. The normalized spacial score (nSPS) is 23.7. The van der Waals surface area contributed by atoms with Gasteiger partial charge < -0.3 is 9.04 Å². The summed E-state index contributed by atoms with van der Waals surface area (Å²) in [7, 11) is -4.92. The standard InChI is InChI=1S/C11H24N.H2O4S/c1-4-11-9-7-8-10-12(11,5-2)6-3;1-5(2,3)4/h11H,4-10H2,1-3H3;(H2,1,2,3,4)/q+1;/p-1. The summed E-state index contributed by atoms with van der Waals surface area (Å²) in [5.41, 5.74) is 0. The van der Waals surface area contributed by atoms with Crippen molar-refractivity contribution in [1.82, 2.24) is 0 Å². The quantitative estimate of drug-likeness (QED) is 0.480. The number of hydrogen-bond donors (Lipinski definition) is 1. The maximum absolute atomic E-state index is 8.63. The van der Waals surface area contributed by atoms with E-state index < -0.39 is 10.4 Å². The molecule has 1 unspecified atom stereocenters. The van der Waals surface area contributed by atoms with Crippen LogP contribution >= 0.6 is 0 Å². The van der Waals surface area contributed by atoms with E-state index >= 15 is 0 Å². The van der Waals surface area contributed by atoms with Crippen LogP contribution in [-0.4, -0.2) is 47.7 Å². The van der Waals surface area contributed by atoms with Crippen LogP contribution in [0.3, 0.4) is 0 Å². The van der Waals surface area contributed by atoms with Crippen molar-refractivity contribution >= 4 is 10.4 Å². The van der Waals surface area contributed by atoms with Gasteiger partial charge in [0.05, 0.1) is 25.7 Å². The van der Waals surface area contributed by atoms with Crippen molar-refractivity contribution < 1.29 is 22.0 Å². The van der Waals surface area contributed by atoms with E-state index in [9.17, 15) is 0 Å². The van der Waals surface area contributed by atoms with Gasteiger partial charge in [0, 0.05) is 0 Å². The van der Waals surface area contributed by atoms with Crippen LogP contribution in [0.25, 0.3) is 0 Å². The third-order valence-electron chi connectivity index (χ3n) is 3.90. The van der Waals surface area contributed by atoms with Crippen molar-refractivity contribution in [2.75, 3.05) is 19.6 Å². The summed E-state index contributed by atoms with van der Waals surface area (Å²) in [6.45, 7) is 11.2. The average molecular weight is 267 g/mol. The van der Waals surface area contributed by atoms with Crippen LogP contribution in [0, 0.1) is 0 Å². The molecule has 0 bridgehead atoms. The van der Waals surface area contributed by atoms with Crippen LogP contribution in [0.1, 0.15) is 46.5 Å². The highest BCUT2D eigenvalue weighted by Crippen LogP contribution is 2.27. The van der Waals surface area contributed by atoms with Gasteiger partial charge in [-0.25, -0.2) is 8.42 Å². The van der Waals surface area contributed by atoms with Crippen molar-refractivity contribution in [1.29, 1.82) is 0 Å². The van der Waals surface area contributed by atoms with Crippen molar-refractivity contribution in [2.24, 2.45) is 0 Å². The molecule has 1 saturated heterocycles. The number of piperidine rings is 1. The van der Waals surface area contributed by atoms with Gasteiger partial charge in [-0.3, -0.25) is 4.55 Å². The van der Waals surface area contributed by atoms with Gasteiger partial charge in [0.2, 0.25) is 10.4 Å². The SMILES string of the molecule is CCC1CCCC[N+]1(CC)CC.O=S(=O)([O-])O. The second kappa shape index (κ2) is 7.31. The molecule has 0 radical (unpaired) electrons. The minimum atomic E-state index is -4.92. The lowest BCUT2D eigenvalue weighted by molar-refractivity contribution is -0.953. The molecule has 0 aliphatic carbocycles. The predicted molar refractivity (Wildman–Crippen MR) is 66.5 cm³/mol. The molecule has 0 aromatic heterocycles. The van der Waals surface area contributed by atoms with Crippen molar-refractivity contribution in [3.63, 3.8) is 0 Å². The topological polar surface area (TPSA) is 77.4 Å². The second-order valence-corrected chi connectivity index (χ2v) is 5.42. The van der Waals surface area contributed by atoms with Gasteiger partial charge in [-0.1, -0.05) is 6.92 Å². The van der Waals surface area contributed by atoms with E-state index in [0.717, 1.165) is 6.04 Å². The fourth-order valence-electron chi connectivity index (χ4n) is 2.91. The van der Waals surface area contributed by atoms with Crippen LogP contribution in [0.2, 0.25) is 0 Å². The largest absolute Gasteiger partial charge is 0.726 e. The molecular weight excluding hydrogens is 242 g/mol. The molecular formula is C11H25NO4S. The van der Waals surface area contributed by atoms with Gasteiger partial charge in [-0.15, -0.1) is 0 Å². The monoisotopic (exact) mass is 267 g/mol. The number of quaternary nitrogens is 1. The highest BCUT2D eigenvalue weighted by Gasteiger charge is 2.34. The zero-order chi connectivity index (χ0) is 13.5. The van der Waals surface area contributed by atoms with E-state index in [2.05, 4.69) is 20.8 Å². The molecule has 17 heavy (non-hydrogen) atoms. The molecule has 1 N–H and O–H groups in total. The third-order valence-corrected chi connectivity index (χ3v) is 3.90.